The van der Waals surface area contributed by atoms with Crippen LogP contribution in [0.15, 0.2) is 42.5 Å². The monoisotopic (exact) mass is 389 g/mol. The number of nitrogens with zero attached hydrogens (tertiary/aromatic N) is 4. The molecular weight excluding hydrogens is 373 g/mol. The van der Waals surface area contributed by atoms with Crippen LogP contribution in [-0.2, 0) is 0 Å². The van der Waals surface area contributed by atoms with Gasteiger partial charge in [-0.25, -0.2) is 9.67 Å². The Morgan fingerprint density at radius 1 is 1.12 bits per heavy atom. The molecule has 0 saturated carbocycles. The molecule has 2 aromatic carbocycles. The van der Waals surface area contributed by atoms with Crippen LogP contribution in [-0.4, -0.2) is 34.8 Å². The maximum absolute atomic E-state index is 12.5. The van der Waals surface area contributed by atoms with E-state index in [1.54, 1.807) is 29.8 Å². The van der Waals surface area contributed by atoms with Crippen molar-refractivity contribution < 1.29 is 4.79 Å². The third-order valence-corrected chi connectivity index (χ3v) is 4.36. The molecule has 26 heavy (non-hydrogen) atoms. The van der Waals surface area contributed by atoms with Gasteiger partial charge in [0.1, 0.15) is 5.82 Å². The van der Waals surface area contributed by atoms with Gasteiger partial charge in [0, 0.05) is 19.8 Å². The molecule has 1 amide bonds. The Morgan fingerprint density at radius 3 is 2.50 bits per heavy atom. The first kappa shape index (κ1) is 18.2. The van der Waals surface area contributed by atoms with Crippen LogP contribution in [0.2, 0.25) is 10.0 Å². The summed E-state index contributed by atoms with van der Waals surface area (Å²) >= 11 is 12.4. The normalized spacial score (nSPS) is 10.7. The Hall–Kier alpha value is -2.57. The molecule has 0 aliphatic heterocycles. The summed E-state index contributed by atoms with van der Waals surface area (Å²) in [5.74, 6) is 0.187. The fourth-order valence-electron chi connectivity index (χ4n) is 2.47. The molecule has 134 valence electrons. The summed E-state index contributed by atoms with van der Waals surface area (Å²) in [5.41, 5.74) is 2.09. The van der Waals surface area contributed by atoms with E-state index in [1.807, 2.05) is 43.3 Å². The number of aryl methyl sites for hydroxylation is 1. The zero-order valence-corrected chi connectivity index (χ0v) is 16.0. The van der Waals surface area contributed by atoms with Gasteiger partial charge in [0.25, 0.3) is 5.91 Å². The smallest absolute Gasteiger partial charge is 0.295 e. The first-order valence-electron chi connectivity index (χ1n) is 7.83. The Labute approximate surface area is 161 Å². The van der Waals surface area contributed by atoms with Crippen molar-refractivity contribution >= 4 is 40.5 Å². The summed E-state index contributed by atoms with van der Waals surface area (Å²) < 4.78 is 1.54. The minimum absolute atomic E-state index is 0.0511. The Kier molecular flexibility index (Phi) is 5.15. The number of carbonyl (C=O) groups is 1. The second kappa shape index (κ2) is 7.35. The van der Waals surface area contributed by atoms with Crippen LogP contribution in [0.3, 0.4) is 0 Å². The second-order valence-electron chi connectivity index (χ2n) is 5.86. The molecule has 1 N–H and O–H groups in total. The lowest BCUT2D eigenvalue weighted by Gasteiger charge is -2.15. The van der Waals surface area contributed by atoms with E-state index in [2.05, 4.69) is 15.4 Å². The quantitative estimate of drug-likeness (QED) is 0.725. The molecule has 1 heterocycles. The number of rotatable bonds is 4. The number of hydrogen-bond donors (Lipinski definition) is 1. The lowest BCUT2D eigenvalue weighted by Crippen LogP contribution is -2.15. The number of nitrogens with one attached hydrogen (secondary N) is 1. The van der Waals surface area contributed by atoms with Crippen LogP contribution in [0.4, 0.5) is 11.4 Å². The topological polar surface area (TPSA) is 63.1 Å². The molecule has 8 heteroatoms. The number of aromatic nitrogens is 3. The fraction of sp³-hybridized carbons (Fsp3) is 0.167. The summed E-state index contributed by atoms with van der Waals surface area (Å²) in [5, 5.41) is 8.10. The number of amides is 1. The number of halogens is 2. The minimum atomic E-state index is -0.424. The first-order valence-corrected chi connectivity index (χ1v) is 8.59. The minimum Gasteiger partial charge on any atom is -0.376 e. The van der Waals surface area contributed by atoms with E-state index in [9.17, 15) is 4.79 Å². The molecule has 0 spiro atoms. The molecule has 0 aliphatic carbocycles. The number of anilines is 2. The van der Waals surface area contributed by atoms with E-state index in [4.69, 9.17) is 23.2 Å². The fourth-order valence-corrected chi connectivity index (χ4v) is 3.04. The van der Waals surface area contributed by atoms with Crippen molar-refractivity contribution in [2.45, 2.75) is 6.92 Å². The van der Waals surface area contributed by atoms with Crippen LogP contribution < -0.4 is 10.2 Å². The van der Waals surface area contributed by atoms with Crippen molar-refractivity contribution in [1.29, 1.82) is 0 Å². The van der Waals surface area contributed by atoms with Gasteiger partial charge in [-0.3, -0.25) is 4.79 Å². The number of para-hydroxylation sites is 1. The maximum atomic E-state index is 12.5. The molecule has 1 aromatic heterocycles. The maximum Gasteiger partial charge on any atom is 0.295 e. The molecule has 0 fully saturated rings. The molecule has 3 aromatic rings. The Bertz CT molecular complexity index is 968. The van der Waals surface area contributed by atoms with Gasteiger partial charge in [-0.05, 0) is 37.3 Å². The predicted molar refractivity (Wildman–Crippen MR) is 105 cm³/mol. The highest BCUT2D eigenvalue weighted by molar-refractivity contribution is 6.33. The number of hydrogen-bond acceptors (Lipinski definition) is 4. The molecule has 0 radical (unpaired) electrons. The molecule has 0 aliphatic rings. The highest BCUT2D eigenvalue weighted by Gasteiger charge is 2.17. The van der Waals surface area contributed by atoms with E-state index < -0.39 is 5.91 Å². The van der Waals surface area contributed by atoms with Gasteiger partial charge in [-0.15, -0.1) is 5.10 Å². The van der Waals surface area contributed by atoms with Crippen molar-refractivity contribution in [2.24, 2.45) is 0 Å². The zero-order valence-electron chi connectivity index (χ0n) is 14.5. The van der Waals surface area contributed by atoms with Crippen molar-refractivity contribution in [3.05, 3.63) is 64.2 Å². The third-order valence-electron chi connectivity index (χ3n) is 3.74. The third kappa shape index (κ3) is 3.66. The highest BCUT2D eigenvalue weighted by atomic mass is 35.5. The largest absolute Gasteiger partial charge is 0.376 e. The summed E-state index contributed by atoms with van der Waals surface area (Å²) in [6.07, 6.45) is 0. The van der Waals surface area contributed by atoms with E-state index in [0.717, 1.165) is 5.69 Å². The predicted octanol–water partition coefficient (Wildman–Crippen LogP) is 4.20. The SMILES string of the molecule is Cc1nc(C(=O)Nc2ccc(N(C)C)c(Cl)c2)nn1-c1ccccc1Cl. The Balaban J connectivity index is 1.84. The van der Waals surface area contributed by atoms with E-state index in [1.165, 1.54) is 0 Å². The lowest BCUT2D eigenvalue weighted by atomic mass is 10.2. The van der Waals surface area contributed by atoms with Gasteiger partial charge in [0.15, 0.2) is 0 Å². The average Bonchev–Trinajstić information content (AvgIpc) is 2.97. The van der Waals surface area contributed by atoms with Gasteiger partial charge in [-0.1, -0.05) is 35.3 Å². The molecule has 0 saturated heterocycles. The summed E-state index contributed by atoms with van der Waals surface area (Å²) in [6.45, 7) is 1.76. The number of benzene rings is 2. The van der Waals surface area contributed by atoms with Crippen molar-refractivity contribution in [3.8, 4) is 5.69 Å². The Morgan fingerprint density at radius 2 is 1.85 bits per heavy atom. The molecule has 6 nitrogen and oxygen atoms in total. The summed E-state index contributed by atoms with van der Waals surface area (Å²) in [7, 11) is 3.79. The van der Waals surface area contributed by atoms with Gasteiger partial charge in [0.2, 0.25) is 5.82 Å². The number of carbonyl (C=O) groups excluding carboxylic acids is 1. The highest BCUT2D eigenvalue weighted by Crippen LogP contribution is 2.27. The standard InChI is InChI=1S/C18H17Cl2N5O/c1-11-21-17(23-25(11)16-7-5-4-6-13(16)19)18(26)22-12-8-9-15(24(2)3)14(20)10-12/h4-10H,1-3H3,(H,22,26). The van der Waals surface area contributed by atoms with Gasteiger partial charge in [0.05, 0.1) is 21.4 Å². The molecule has 3 rings (SSSR count). The lowest BCUT2D eigenvalue weighted by molar-refractivity contribution is 0.101. The van der Waals surface area contributed by atoms with Crippen LogP contribution >= 0.6 is 23.2 Å². The molecule has 0 bridgehead atoms. The second-order valence-corrected chi connectivity index (χ2v) is 6.67. The van der Waals surface area contributed by atoms with E-state index >= 15 is 0 Å². The van der Waals surface area contributed by atoms with Gasteiger partial charge in [-0.2, -0.15) is 0 Å². The zero-order chi connectivity index (χ0) is 18.8. The first-order chi connectivity index (χ1) is 12.4. The van der Waals surface area contributed by atoms with Gasteiger partial charge < -0.3 is 10.2 Å². The van der Waals surface area contributed by atoms with Crippen LogP contribution in [0.25, 0.3) is 5.69 Å². The van der Waals surface area contributed by atoms with Crippen molar-refractivity contribution in [1.82, 2.24) is 14.8 Å². The van der Waals surface area contributed by atoms with Crippen LogP contribution in [0.5, 0.6) is 0 Å². The summed E-state index contributed by atoms with van der Waals surface area (Å²) in [6, 6.07) is 12.5. The van der Waals surface area contributed by atoms with Crippen LogP contribution in [0.1, 0.15) is 16.4 Å². The van der Waals surface area contributed by atoms with Crippen LogP contribution in [0, 0.1) is 6.92 Å². The molecular formula is C18H17Cl2N5O. The van der Waals surface area contributed by atoms with Crippen molar-refractivity contribution in [3.63, 3.8) is 0 Å². The average molecular weight is 390 g/mol. The van der Waals surface area contributed by atoms with Crippen molar-refractivity contribution in [2.75, 3.05) is 24.3 Å². The summed E-state index contributed by atoms with van der Waals surface area (Å²) in [4.78, 5) is 18.6. The molecule has 0 atom stereocenters. The van der Waals surface area contributed by atoms with Gasteiger partial charge >= 0.3 is 0 Å². The molecule has 0 unspecified atom stereocenters. The van der Waals surface area contributed by atoms with E-state index in [-0.39, 0.29) is 5.82 Å². The van der Waals surface area contributed by atoms with E-state index in [0.29, 0.717) is 27.2 Å².